The Morgan fingerprint density at radius 1 is 1.40 bits per heavy atom. The summed E-state index contributed by atoms with van der Waals surface area (Å²) in [7, 11) is 0. The molecule has 15 heavy (non-hydrogen) atoms. The first-order valence-electron chi connectivity index (χ1n) is 5.91. The van der Waals surface area contributed by atoms with Crippen LogP contribution < -0.4 is 5.32 Å². The lowest BCUT2D eigenvalue weighted by molar-refractivity contribution is 0.0996. The van der Waals surface area contributed by atoms with Crippen LogP contribution in [0, 0.1) is 5.41 Å². The molecule has 1 fully saturated rings. The maximum atomic E-state index is 3.67. The molecule has 2 nitrogen and oxygen atoms in total. The zero-order valence-electron chi connectivity index (χ0n) is 10.8. The molecule has 0 radical (unpaired) electrons. The number of nitrogens with zero attached hydrogens (tertiary/aromatic N) is 1. The number of rotatable bonds is 3. The highest BCUT2D eigenvalue weighted by molar-refractivity contribution is 7.98. The molecule has 90 valence electrons. The lowest BCUT2D eigenvalue weighted by Gasteiger charge is -2.44. The number of hydrogen-bond donors (Lipinski definition) is 1. The maximum absolute atomic E-state index is 3.67. The van der Waals surface area contributed by atoms with Gasteiger partial charge in [-0.1, -0.05) is 20.8 Å². The van der Waals surface area contributed by atoms with Crippen LogP contribution in [0.15, 0.2) is 0 Å². The summed E-state index contributed by atoms with van der Waals surface area (Å²) >= 11 is 1.94. The van der Waals surface area contributed by atoms with Gasteiger partial charge in [0.15, 0.2) is 0 Å². The summed E-state index contributed by atoms with van der Waals surface area (Å²) in [6, 6.07) is 1.33. The molecule has 2 atom stereocenters. The van der Waals surface area contributed by atoms with Crippen molar-refractivity contribution in [3.8, 4) is 0 Å². The van der Waals surface area contributed by atoms with E-state index in [2.05, 4.69) is 44.2 Å². The van der Waals surface area contributed by atoms with Gasteiger partial charge in [0.05, 0.1) is 0 Å². The Labute approximate surface area is 99.2 Å². The molecule has 0 bridgehead atoms. The Morgan fingerprint density at radius 2 is 2.07 bits per heavy atom. The normalized spacial score (nSPS) is 29.4. The van der Waals surface area contributed by atoms with Crippen LogP contribution in [0.3, 0.4) is 0 Å². The van der Waals surface area contributed by atoms with Gasteiger partial charge < -0.3 is 5.32 Å². The van der Waals surface area contributed by atoms with Crippen molar-refractivity contribution in [1.82, 2.24) is 10.2 Å². The van der Waals surface area contributed by atoms with E-state index in [4.69, 9.17) is 0 Å². The maximum Gasteiger partial charge on any atom is 0.0244 e. The molecule has 0 aliphatic carbocycles. The molecule has 0 spiro atoms. The van der Waals surface area contributed by atoms with E-state index >= 15 is 0 Å². The first kappa shape index (κ1) is 13.3. The highest BCUT2D eigenvalue weighted by Crippen LogP contribution is 2.23. The lowest BCUT2D eigenvalue weighted by atomic mass is 9.85. The van der Waals surface area contributed by atoms with E-state index in [1.807, 2.05) is 11.8 Å². The summed E-state index contributed by atoms with van der Waals surface area (Å²) in [4.78, 5) is 2.63. The van der Waals surface area contributed by atoms with E-state index in [0.29, 0.717) is 17.5 Å². The van der Waals surface area contributed by atoms with Gasteiger partial charge >= 0.3 is 0 Å². The summed E-state index contributed by atoms with van der Waals surface area (Å²) < 4.78 is 0. The molecule has 1 rings (SSSR count). The van der Waals surface area contributed by atoms with Crippen LogP contribution in [-0.4, -0.2) is 48.6 Å². The van der Waals surface area contributed by atoms with Crippen molar-refractivity contribution < 1.29 is 0 Å². The standard InChI is InChI=1S/C12H26N2S/c1-10-8-13-11(12(2,3)4)9-14(10)6-7-15-5/h10-11,13H,6-9H2,1-5H3. The zero-order chi connectivity index (χ0) is 11.5. The van der Waals surface area contributed by atoms with Gasteiger partial charge in [-0.3, -0.25) is 4.90 Å². The van der Waals surface area contributed by atoms with Crippen LogP contribution in [0.4, 0.5) is 0 Å². The van der Waals surface area contributed by atoms with Gasteiger partial charge in [-0.25, -0.2) is 0 Å². The van der Waals surface area contributed by atoms with Crippen molar-refractivity contribution in [2.45, 2.75) is 39.8 Å². The van der Waals surface area contributed by atoms with Crippen molar-refractivity contribution in [1.29, 1.82) is 0 Å². The van der Waals surface area contributed by atoms with E-state index in [9.17, 15) is 0 Å². The number of thioether (sulfide) groups is 1. The smallest absolute Gasteiger partial charge is 0.0244 e. The number of nitrogens with one attached hydrogen (secondary N) is 1. The second kappa shape index (κ2) is 5.55. The van der Waals surface area contributed by atoms with E-state index < -0.39 is 0 Å². The van der Waals surface area contributed by atoms with Gasteiger partial charge in [-0.05, 0) is 18.6 Å². The Kier molecular flexibility index (Phi) is 4.94. The van der Waals surface area contributed by atoms with Crippen LogP contribution in [0.2, 0.25) is 0 Å². The second-order valence-corrected chi connectivity index (χ2v) is 6.65. The number of hydrogen-bond acceptors (Lipinski definition) is 3. The molecule has 0 aromatic heterocycles. The van der Waals surface area contributed by atoms with Gasteiger partial charge in [0.1, 0.15) is 0 Å². The van der Waals surface area contributed by atoms with Crippen molar-refractivity contribution >= 4 is 11.8 Å². The number of piperazine rings is 1. The molecule has 0 saturated carbocycles. The van der Waals surface area contributed by atoms with Gasteiger partial charge in [-0.2, -0.15) is 11.8 Å². The van der Waals surface area contributed by atoms with Crippen molar-refractivity contribution in [2.24, 2.45) is 5.41 Å². The molecular formula is C12H26N2S. The van der Waals surface area contributed by atoms with Crippen LogP contribution in [0.5, 0.6) is 0 Å². The van der Waals surface area contributed by atoms with E-state index in [1.54, 1.807) is 0 Å². The third-order valence-electron chi connectivity index (χ3n) is 3.33. The SMILES string of the molecule is CSCCN1CC(C(C)(C)C)NCC1C. The zero-order valence-corrected chi connectivity index (χ0v) is 11.7. The summed E-state index contributed by atoms with van der Waals surface area (Å²) in [5, 5.41) is 3.67. The molecule has 0 aromatic rings. The summed E-state index contributed by atoms with van der Waals surface area (Å²) in [6.07, 6.45) is 2.19. The molecule has 1 heterocycles. The molecule has 0 amide bonds. The lowest BCUT2D eigenvalue weighted by Crippen LogP contribution is -2.59. The predicted molar refractivity (Wildman–Crippen MR) is 70.7 cm³/mol. The fraction of sp³-hybridized carbons (Fsp3) is 1.00. The average Bonchev–Trinajstić information content (AvgIpc) is 2.15. The molecule has 1 saturated heterocycles. The van der Waals surface area contributed by atoms with Crippen LogP contribution in [0.25, 0.3) is 0 Å². The Morgan fingerprint density at radius 3 is 2.60 bits per heavy atom. The Hall–Kier alpha value is 0.270. The van der Waals surface area contributed by atoms with Gasteiger partial charge in [0.2, 0.25) is 0 Å². The largest absolute Gasteiger partial charge is 0.311 e. The Balaban J connectivity index is 2.48. The van der Waals surface area contributed by atoms with Gasteiger partial charge in [-0.15, -0.1) is 0 Å². The molecule has 3 heteroatoms. The first-order chi connectivity index (χ1) is 6.95. The highest BCUT2D eigenvalue weighted by Gasteiger charge is 2.31. The van der Waals surface area contributed by atoms with Crippen LogP contribution in [0.1, 0.15) is 27.7 Å². The Bertz CT molecular complexity index is 189. The summed E-state index contributed by atoms with van der Waals surface area (Å²) in [5.74, 6) is 1.25. The molecule has 2 unspecified atom stereocenters. The molecule has 1 aliphatic heterocycles. The molecule has 1 aliphatic rings. The topological polar surface area (TPSA) is 15.3 Å². The fourth-order valence-electron chi connectivity index (χ4n) is 2.02. The summed E-state index contributed by atoms with van der Waals surface area (Å²) in [5.41, 5.74) is 0.373. The van der Waals surface area contributed by atoms with Crippen LogP contribution in [-0.2, 0) is 0 Å². The molecular weight excluding hydrogens is 204 g/mol. The van der Waals surface area contributed by atoms with Gasteiger partial charge in [0.25, 0.3) is 0 Å². The van der Waals surface area contributed by atoms with Crippen molar-refractivity contribution in [3.63, 3.8) is 0 Å². The van der Waals surface area contributed by atoms with Crippen molar-refractivity contribution in [3.05, 3.63) is 0 Å². The average molecular weight is 230 g/mol. The highest BCUT2D eigenvalue weighted by atomic mass is 32.2. The van der Waals surface area contributed by atoms with E-state index in [-0.39, 0.29) is 0 Å². The molecule has 0 aromatic carbocycles. The van der Waals surface area contributed by atoms with Gasteiger partial charge in [0, 0.05) is 37.5 Å². The quantitative estimate of drug-likeness (QED) is 0.799. The van der Waals surface area contributed by atoms with E-state index in [0.717, 1.165) is 6.54 Å². The third-order valence-corrected chi connectivity index (χ3v) is 3.92. The first-order valence-corrected chi connectivity index (χ1v) is 7.31. The second-order valence-electron chi connectivity index (χ2n) is 5.66. The van der Waals surface area contributed by atoms with Crippen molar-refractivity contribution in [2.75, 3.05) is 31.6 Å². The minimum atomic E-state index is 0.373. The minimum Gasteiger partial charge on any atom is -0.311 e. The predicted octanol–water partition coefficient (Wildman–Crippen LogP) is 2.06. The summed E-state index contributed by atoms with van der Waals surface area (Å²) in [6.45, 7) is 12.9. The third kappa shape index (κ3) is 3.97. The fourth-order valence-corrected chi connectivity index (χ4v) is 2.44. The minimum absolute atomic E-state index is 0.373. The van der Waals surface area contributed by atoms with E-state index in [1.165, 1.54) is 18.8 Å². The molecule has 1 N–H and O–H groups in total. The van der Waals surface area contributed by atoms with Crippen LogP contribution >= 0.6 is 11.8 Å². The monoisotopic (exact) mass is 230 g/mol.